The lowest BCUT2D eigenvalue weighted by atomic mass is 10.2. The summed E-state index contributed by atoms with van der Waals surface area (Å²) < 4.78 is 0. The van der Waals surface area contributed by atoms with E-state index in [9.17, 15) is 4.79 Å². The number of benzene rings is 1. The van der Waals surface area contributed by atoms with E-state index < -0.39 is 0 Å². The Morgan fingerprint density at radius 3 is 2.64 bits per heavy atom. The van der Waals surface area contributed by atoms with E-state index in [1.807, 2.05) is 54.3 Å². The molecule has 0 spiro atoms. The number of carbonyl (C=O) groups excluding carboxylic acids is 1. The summed E-state index contributed by atoms with van der Waals surface area (Å²) in [5.74, 6) is 1.40. The van der Waals surface area contributed by atoms with Gasteiger partial charge in [0.2, 0.25) is 5.91 Å². The molecule has 1 aromatic carbocycles. The van der Waals surface area contributed by atoms with Crippen molar-refractivity contribution in [1.82, 2.24) is 9.88 Å². The average Bonchev–Trinajstić information content (AvgIpc) is 2.69. The van der Waals surface area contributed by atoms with Crippen LogP contribution in [0, 0.1) is 6.92 Å². The summed E-state index contributed by atoms with van der Waals surface area (Å²) in [6, 6.07) is 13.8. The Hall–Kier alpha value is -2.36. The van der Waals surface area contributed by atoms with Gasteiger partial charge in [-0.2, -0.15) is 0 Å². The molecule has 1 aliphatic heterocycles. The Morgan fingerprint density at radius 2 is 1.96 bits per heavy atom. The summed E-state index contributed by atoms with van der Waals surface area (Å²) in [5, 5.41) is 3.05. The molecule has 0 saturated carbocycles. The third-order valence-corrected chi connectivity index (χ3v) is 4.50. The van der Waals surface area contributed by atoms with Crippen molar-refractivity contribution in [2.45, 2.75) is 13.3 Å². The zero-order valence-electron chi connectivity index (χ0n) is 16.0. The van der Waals surface area contributed by atoms with Gasteiger partial charge in [0.15, 0.2) is 5.96 Å². The number of hydrogen-bond donors (Lipinski definition) is 2. The molecular weight excluding hydrogens is 467 g/mol. The molecule has 1 fully saturated rings. The maximum atomic E-state index is 12.4. The Balaban J connectivity index is 0.00000280. The summed E-state index contributed by atoms with van der Waals surface area (Å²) in [6.07, 6.45) is 2.15. The van der Waals surface area contributed by atoms with Crippen molar-refractivity contribution in [1.29, 1.82) is 0 Å². The number of amides is 1. The Labute approximate surface area is 183 Å². The molecule has 8 heteroatoms. The Bertz CT molecular complexity index is 790. The maximum Gasteiger partial charge on any atom is 0.224 e. The molecule has 1 saturated heterocycles. The molecule has 0 radical (unpaired) electrons. The largest absolute Gasteiger partial charge is 0.370 e. The standard InChI is InChI=1S/C20H26N6O.HI/c1-16-5-4-6-17(15-16)24-20(21)23-10-8-19(27)26-13-11-25(12-14-26)18-7-2-3-9-22-18;/h2-7,9,15H,8,10-14H2,1H3,(H3,21,23,24);1H. The normalized spacial score (nSPS) is 14.4. The number of halogens is 1. The number of guanidine groups is 1. The number of aromatic nitrogens is 1. The summed E-state index contributed by atoms with van der Waals surface area (Å²) in [6.45, 7) is 5.40. The van der Waals surface area contributed by atoms with Crippen LogP contribution < -0.4 is 16.0 Å². The number of piperazine rings is 1. The number of aryl methyl sites for hydroxylation is 1. The summed E-state index contributed by atoms with van der Waals surface area (Å²) in [4.78, 5) is 25.1. The van der Waals surface area contributed by atoms with Gasteiger partial charge in [0.25, 0.3) is 0 Å². The Morgan fingerprint density at radius 1 is 1.18 bits per heavy atom. The fraction of sp³-hybridized carbons (Fsp3) is 0.350. The minimum absolute atomic E-state index is 0. The van der Waals surface area contributed by atoms with E-state index in [1.165, 1.54) is 0 Å². The second-order valence-electron chi connectivity index (χ2n) is 6.57. The van der Waals surface area contributed by atoms with Crippen LogP contribution in [0.1, 0.15) is 12.0 Å². The van der Waals surface area contributed by atoms with Crippen LogP contribution in [0.5, 0.6) is 0 Å². The van der Waals surface area contributed by atoms with E-state index in [4.69, 9.17) is 5.73 Å². The minimum Gasteiger partial charge on any atom is -0.370 e. The molecule has 0 atom stereocenters. The summed E-state index contributed by atoms with van der Waals surface area (Å²) >= 11 is 0. The van der Waals surface area contributed by atoms with Gasteiger partial charge in [0.1, 0.15) is 5.82 Å². The van der Waals surface area contributed by atoms with Gasteiger partial charge in [-0.3, -0.25) is 9.79 Å². The van der Waals surface area contributed by atoms with Crippen molar-refractivity contribution in [2.75, 3.05) is 42.9 Å². The van der Waals surface area contributed by atoms with Crippen LogP contribution in [0.3, 0.4) is 0 Å². The molecule has 7 nitrogen and oxygen atoms in total. The smallest absolute Gasteiger partial charge is 0.224 e. The van der Waals surface area contributed by atoms with Crippen LogP contribution in [0.4, 0.5) is 11.5 Å². The van der Waals surface area contributed by atoms with Crippen molar-refractivity contribution in [3.8, 4) is 0 Å². The first-order valence-corrected chi connectivity index (χ1v) is 9.19. The molecular formula is C20H27IN6O. The third kappa shape index (κ3) is 6.36. The van der Waals surface area contributed by atoms with Gasteiger partial charge in [-0.25, -0.2) is 4.98 Å². The van der Waals surface area contributed by atoms with E-state index in [2.05, 4.69) is 20.2 Å². The fourth-order valence-electron chi connectivity index (χ4n) is 3.07. The van der Waals surface area contributed by atoms with E-state index in [0.717, 1.165) is 30.2 Å². The molecule has 1 aromatic heterocycles. The predicted molar refractivity (Wildman–Crippen MR) is 124 cm³/mol. The van der Waals surface area contributed by atoms with Gasteiger partial charge in [-0.05, 0) is 36.8 Å². The zero-order valence-corrected chi connectivity index (χ0v) is 18.4. The van der Waals surface area contributed by atoms with Gasteiger partial charge < -0.3 is 20.9 Å². The lowest BCUT2D eigenvalue weighted by Crippen LogP contribution is -2.49. The van der Waals surface area contributed by atoms with Crippen LogP contribution in [0.25, 0.3) is 0 Å². The van der Waals surface area contributed by atoms with E-state index in [-0.39, 0.29) is 29.9 Å². The highest BCUT2D eigenvalue weighted by Crippen LogP contribution is 2.13. The van der Waals surface area contributed by atoms with Crippen LogP contribution in [-0.4, -0.2) is 54.5 Å². The van der Waals surface area contributed by atoms with Crippen LogP contribution >= 0.6 is 24.0 Å². The number of nitrogens with two attached hydrogens (primary N) is 1. The second-order valence-corrected chi connectivity index (χ2v) is 6.57. The highest BCUT2D eigenvalue weighted by atomic mass is 127. The lowest BCUT2D eigenvalue weighted by Gasteiger charge is -2.35. The van der Waals surface area contributed by atoms with E-state index in [1.54, 1.807) is 6.20 Å². The van der Waals surface area contributed by atoms with Crippen LogP contribution in [0.15, 0.2) is 53.7 Å². The highest BCUT2D eigenvalue weighted by Gasteiger charge is 2.21. The molecule has 0 bridgehead atoms. The molecule has 1 aliphatic rings. The van der Waals surface area contributed by atoms with Gasteiger partial charge in [0, 0.05) is 44.5 Å². The number of nitrogens with zero attached hydrogens (tertiary/aromatic N) is 4. The van der Waals surface area contributed by atoms with Crippen molar-refractivity contribution in [3.05, 3.63) is 54.2 Å². The van der Waals surface area contributed by atoms with Crippen molar-refractivity contribution in [2.24, 2.45) is 10.7 Å². The van der Waals surface area contributed by atoms with Crippen molar-refractivity contribution >= 4 is 47.3 Å². The minimum atomic E-state index is 0. The van der Waals surface area contributed by atoms with Crippen molar-refractivity contribution < 1.29 is 4.79 Å². The number of anilines is 2. The number of aliphatic imine (C=N–C) groups is 1. The third-order valence-electron chi connectivity index (χ3n) is 4.50. The van der Waals surface area contributed by atoms with E-state index in [0.29, 0.717) is 32.0 Å². The fourth-order valence-corrected chi connectivity index (χ4v) is 3.07. The van der Waals surface area contributed by atoms with E-state index >= 15 is 0 Å². The Kier molecular flexibility index (Phi) is 8.49. The van der Waals surface area contributed by atoms with Gasteiger partial charge in [-0.15, -0.1) is 24.0 Å². The molecule has 3 N–H and O–H groups in total. The summed E-state index contributed by atoms with van der Waals surface area (Å²) in [5.41, 5.74) is 7.95. The zero-order chi connectivity index (χ0) is 19.1. The molecule has 3 rings (SSSR count). The quantitative estimate of drug-likeness (QED) is 0.379. The van der Waals surface area contributed by atoms with Crippen LogP contribution in [0.2, 0.25) is 0 Å². The summed E-state index contributed by atoms with van der Waals surface area (Å²) in [7, 11) is 0. The lowest BCUT2D eigenvalue weighted by molar-refractivity contribution is -0.131. The molecule has 1 amide bonds. The predicted octanol–water partition coefficient (Wildman–Crippen LogP) is 2.47. The molecule has 2 aromatic rings. The first kappa shape index (κ1) is 21.9. The van der Waals surface area contributed by atoms with Gasteiger partial charge in [-0.1, -0.05) is 18.2 Å². The highest BCUT2D eigenvalue weighted by molar-refractivity contribution is 14.0. The maximum absolute atomic E-state index is 12.4. The average molecular weight is 494 g/mol. The topological polar surface area (TPSA) is 86.8 Å². The first-order valence-electron chi connectivity index (χ1n) is 9.19. The monoisotopic (exact) mass is 494 g/mol. The van der Waals surface area contributed by atoms with Gasteiger partial charge >= 0.3 is 0 Å². The molecule has 150 valence electrons. The number of pyridine rings is 1. The second kappa shape index (κ2) is 10.8. The molecule has 28 heavy (non-hydrogen) atoms. The van der Waals surface area contributed by atoms with Crippen molar-refractivity contribution in [3.63, 3.8) is 0 Å². The number of rotatable bonds is 5. The van der Waals surface area contributed by atoms with Gasteiger partial charge in [0.05, 0.1) is 6.54 Å². The number of nitrogens with one attached hydrogen (secondary N) is 1. The first-order chi connectivity index (χ1) is 13.1. The molecule has 2 heterocycles. The number of carbonyl (C=O) groups is 1. The number of hydrogen-bond acceptors (Lipinski definition) is 4. The SMILES string of the molecule is Cc1cccc(NC(N)=NCCC(=O)N2CCN(c3ccccn3)CC2)c1.I. The molecule has 0 aliphatic carbocycles. The molecule has 0 unspecified atom stereocenters. The van der Waals surface area contributed by atoms with Crippen LogP contribution in [-0.2, 0) is 4.79 Å².